The van der Waals surface area contributed by atoms with E-state index in [4.69, 9.17) is 0 Å². The van der Waals surface area contributed by atoms with Gasteiger partial charge in [0, 0.05) is 28.1 Å². The molecule has 0 saturated carbocycles. The van der Waals surface area contributed by atoms with Gasteiger partial charge in [0.05, 0.1) is 0 Å². The summed E-state index contributed by atoms with van der Waals surface area (Å²) < 4.78 is 4.40. The zero-order valence-electron chi connectivity index (χ0n) is 9.57. The Morgan fingerprint density at radius 3 is 2.76 bits per heavy atom. The van der Waals surface area contributed by atoms with E-state index in [0.29, 0.717) is 0 Å². The second kappa shape index (κ2) is 3.96. The van der Waals surface area contributed by atoms with Gasteiger partial charge in [-0.3, -0.25) is 0 Å². The van der Waals surface area contributed by atoms with E-state index in [1.165, 1.54) is 15.6 Å². The molecule has 0 spiro atoms. The third kappa shape index (κ3) is 1.63. The fourth-order valence-corrected chi connectivity index (χ4v) is 3.42. The minimum absolute atomic E-state index is 1.02. The molecular weight excluding hydrogens is 296 g/mol. The maximum absolute atomic E-state index is 4.63. The summed E-state index contributed by atoms with van der Waals surface area (Å²) in [5.41, 5.74) is 2.24. The standard InChI is InChI=1S/C13H11BrN2S/c1-8-15-12(13(14)16(8)2)10-7-17-11-6-4-3-5-9(10)11/h3-7H,1-2H3. The van der Waals surface area contributed by atoms with Crippen LogP contribution >= 0.6 is 27.3 Å². The van der Waals surface area contributed by atoms with Crippen molar-refractivity contribution in [2.24, 2.45) is 7.05 Å². The Morgan fingerprint density at radius 1 is 1.29 bits per heavy atom. The number of hydrogen-bond acceptors (Lipinski definition) is 2. The van der Waals surface area contributed by atoms with Gasteiger partial charge < -0.3 is 4.57 Å². The number of aryl methyl sites for hydroxylation is 1. The van der Waals surface area contributed by atoms with Gasteiger partial charge in [-0.2, -0.15) is 0 Å². The Bertz CT molecular complexity index is 697. The van der Waals surface area contributed by atoms with Crippen LogP contribution < -0.4 is 0 Å². The summed E-state index contributed by atoms with van der Waals surface area (Å²) in [5, 5.41) is 3.45. The molecule has 2 heterocycles. The van der Waals surface area contributed by atoms with Crippen molar-refractivity contribution in [2.45, 2.75) is 6.92 Å². The van der Waals surface area contributed by atoms with Gasteiger partial charge >= 0.3 is 0 Å². The number of thiophene rings is 1. The van der Waals surface area contributed by atoms with Crippen molar-refractivity contribution in [3.05, 3.63) is 40.1 Å². The molecule has 1 aromatic carbocycles. The Kier molecular flexibility index (Phi) is 2.56. The number of benzene rings is 1. The fourth-order valence-electron chi connectivity index (χ4n) is 1.92. The van der Waals surface area contributed by atoms with Crippen molar-refractivity contribution < 1.29 is 0 Å². The van der Waals surface area contributed by atoms with Gasteiger partial charge in [0.2, 0.25) is 0 Å². The summed E-state index contributed by atoms with van der Waals surface area (Å²) in [6, 6.07) is 8.44. The number of rotatable bonds is 1. The SMILES string of the molecule is Cc1nc(-c2csc3ccccc23)c(Br)n1C. The van der Waals surface area contributed by atoms with Gasteiger partial charge in [0.15, 0.2) is 0 Å². The highest BCUT2D eigenvalue weighted by atomic mass is 79.9. The summed E-state index contributed by atoms with van der Waals surface area (Å²) >= 11 is 5.38. The van der Waals surface area contributed by atoms with E-state index >= 15 is 0 Å². The molecule has 2 nitrogen and oxygen atoms in total. The number of hydrogen-bond donors (Lipinski definition) is 0. The van der Waals surface area contributed by atoms with Gasteiger partial charge in [0.1, 0.15) is 16.1 Å². The van der Waals surface area contributed by atoms with Crippen molar-refractivity contribution in [3.8, 4) is 11.3 Å². The molecule has 0 N–H and O–H groups in total. The third-order valence-electron chi connectivity index (χ3n) is 2.98. The molecule has 0 unspecified atom stereocenters. The molecule has 0 bridgehead atoms. The van der Waals surface area contributed by atoms with Crippen LogP contribution in [0.3, 0.4) is 0 Å². The Labute approximate surface area is 112 Å². The second-order valence-electron chi connectivity index (χ2n) is 4.00. The summed E-state index contributed by atoms with van der Waals surface area (Å²) in [5.74, 6) is 1.02. The van der Waals surface area contributed by atoms with Crippen LogP contribution in [0.4, 0.5) is 0 Å². The van der Waals surface area contributed by atoms with E-state index in [-0.39, 0.29) is 0 Å². The van der Waals surface area contributed by atoms with Crippen LogP contribution in [-0.4, -0.2) is 9.55 Å². The van der Waals surface area contributed by atoms with Gasteiger partial charge in [-0.15, -0.1) is 11.3 Å². The first-order valence-corrected chi connectivity index (χ1v) is 7.01. The number of halogens is 1. The van der Waals surface area contributed by atoms with Gasteiger partial charge in [0.25, 0.3) is 0 Å². The molecule has 0 saturated heterocycles. The van der Waals surface area contributed by atoms with Crippen molar-refractivity contribution >= 4 is 37.4 Å². The normalized spacial score (nSPS) is 11.2. The molecule has 4 heteroatoms. The monoisotopic (exact) mass is 306 g/mol. The maximum atomic E-state index is 4.63. The molecule has 3 rings (SSSR count). The lowest BCUT2D eigenvalue weighted by atomic mass is 10.1. The molecule has 17 heavy (non-hydrogen) atoms. The average molecular weight is 307 g/mol. The van der Waals surface area contributed by atoms with Crippen LogP contribution in [0.2, 0.25) is 0 Å². The van der Waals surface area contributed by atoms with Crippen molar-refractivity contribution in [1.29, 1.82) is 0 Å². The third-order valence-corrected chi connectivity index (χ3v) is 4.86. The van der Waals surface area contributed by atoms with E-state index in [0.717, 1.165) is 16.1 Å². The highest BCUT2D eigenvalue weighted by Crippen LogP contribution is 2.36. The highest BCUT2D eigenvalue weighted by Gasteiger charge is 2.15. The fraction of sp³-hybridized carbons (Fsp3) is 0.154. The zero-order chi connectivity index (χ0) is 12.0. The molecule has 86 valence electrons. The van der Waals surface area contributed by atoms with Crippen molar-refractivity contribution in [1.82, 2.24) is 9.55 Å². The minimum Gasteiger partial charge on any atom is -0.326 e. The summed E-state index contributed by atoms with van der Waals surface area (Å²) in [4.78, 5) is 4.63. The lowest BCUT2D eigenvalue weighted by Crippen LogP contribution is -1.89. The first-order valence-electron chi connectivity index (χ1n) is 5.34. The van der Waals surface area contributed by atoms with E-state index in [2.05, 4.69) is 55.1 Å². The van der Waals surface area contributed by atoms with Crippen molar-refractivity contribution in [3.63, 3.8) is 0 Å². The largest absolute Gasteiger partial charge is 0.326 e. The van der Waals surface area contributed by atoms with Crippen LogP contribution in [0.5, 0.6) is 0 Å². The number of nitrogens with zero attached hydrogens (tertiary/aromatic N) is 2. The second-order valence-corrected chi connectivity index (χ2v) is 5.67. The molecule has 0 fully saturated rings. The predicted octanol–water partition coefficient (Wildman–Crippen LogP) is 4.37. The van der Waals surface area contributed by atoms with Crippen LogP contribution in [-0.2, 0) is 7.05 Å². The molecule has 0 aliphatic rings. The van der Waals surface area contributed by atoms with E-state index in [1.807, 2.05) is 14.0 Å². The van der Waals surface area contributed by atoms with Crippen molar-refractivity contribution in [2.75, 3.05) is 0 Å². The quantitative estimate of drug-likeness (QED) is 0.652. The molecular formula is C13H11BrN2S. The molecule has 2 aromatic heterocycles. The number of aromatic nitrogens is 2. The minimum atomic E-state index is 1.02. The predicted molar refractivity (Wildman–Crippen MR) is 76.5 cm³/mol. The Hall–Kier alpha value is -1.13. The molecule has 0 amide bonds. The summed E-state index contributed by atoms with van der Waals surface area (Å²) in [6.45, 7) is 2.02. The first kappa shape index (κ1) is 11.0. The number of fused-ring (bicyclic) bond motifs is 1. The summed E-state index contributed by atoms with van der Waals surface area (Å²) in [7, 11) is 2.02. The van der Waals surface area contributed by atoms with Crippen LogP contribution in [0.15, 0.2) is 34.2 Å². The van der Waals surface area contributed by atoms with Crippen LogP contribution in [0, 0.1) is 6.92 Å². The van der Waals surface area contributed by atoms with Gasteiger partial charge in [-0.25, -0.2) is 4.98 Å². The zero-order valence-corrected chi connectivity index (χ0v) is 12.0. The molecule has 0 atom stereocenters. The van der Waals surface area contributed by atoms with E-state index < -0.39 is 0 Å². The summed E-state index contributed by atoms with van der Waals surface area (Å²) in [6.07, 6.45) is 0. The number of imidazole rings is 1. The average Bonchev–Trinajstić information content (AvgIpc) is 2.86. The lowest BCUT2D eigenvalue weighted by molar-refractivity contribution is 0.840. The van der Waals surface area contributed by atoms with Crippen LogP contribution in [0.25, 0.3) is 21.3 Å². The van der Waals surface area contributed by atoms with E-state index in [9.17, 15) is 0 Å². The first-order chi connectivity index (χ1) is 8.18. The van der Waals surface area contributed by atoms with Gasteiger partial charge in [-0.1, -0.05) is 18.2 Å². The van der Waals surface area contributed by atoms with Gasteiger partial charge in [-0.05, 0) is 28.9 Å². The van der Waals surface area contributed by atoms with E-state index in [1.54, 1.807) is 11.3 Å². The Morgan fingerprint density at radius 2 is 2.06 bits per heavy atom. The lowest BCUT2D eigenvalue weighted by Gasteiger charge is -1.97. The smallest absolute Gasteiger partial charge is 0.112 e. The molecule has 0 radical (unpaired) electrons. The Balaban J connectivity index is 2.31. The molecule has 3 aromatic rings. The maximum Gasteiger partial charge on any atom is 0.112 e. The molecule has 0 aliphatic carbocycles. The topological polar surface area (TPSA) is 17.8 Å². The molecule has 0 aliphatic heterocycles. The highest BCUT2D eigenvalue weighted by molar-refractivity contribution is 9.10. The van der Waals surface area contributed by atoms with Crippen LogP contribution in [0.1, 0.15) is 5.82 Å².